The van der Waals surface area contributed by atoms with E-state index in [1.807, 2.05) is 6.20 Å². The normalized spacial score (nSPS) is 17.2. The van der Waals surface area contributed by atoms with Crippen LogP contribution in [0, 0.1) is 12.3 Å². The number of amides is 1. The van der Waals surface area contributed by atoms with Crippen LogP contribution in [0.4, 0.5) is 0 Å². The Bertz CT molecular complexity index is 524. The molecule has 0 aliphatic heterocycles. The molecule has 0 atom stereocenters. The monoisotopic (exact) mass is 289 g/mol. The van der Waals surface area contributed by atoms with Gasteiger partial charge in [0.2, 0.25) is 5.91 Å². The van der Waals surface area contributed by atoms with Crippen LogP contribution in [0.3, 0.4) is 0 Å². The van der Waals surface area contributed by atoms with Crippen LogP contribution in [0.2, 0.25) is 0 Å². The second kappa shape index (κ2) is 6.77. The molecule has 1 amide bonds. The number of hydrogen-bond donors (Lipinski definition) is 1. The fourth-order valence-corrected chi connectivity index (χ4v) is 2.83. The first-order valence-electron chi connectivity index (χ1n) is 7.43. The van der Waals surface area contributed by atoms with Gasteiger partial charge in [0.15, 0.2) is 0 Å². The van der Waals surface area contributed by atoms with Crippen LogP contribution < -0.4 is 0 Å². The Morgan fingerprint density at radius 1 is 1.52 bits per heavy atom. The van der Waals surface area contributed by atoms with Gasteiger partial charge in [-0.25, -0.2) is 0 Å². The van der Waals surface area contributed by atoms with Gasteiger partial charge in [0.05, 0.1) is 18.2 Å². The highest BCUT2D eigenvalue weighted by Gasteiger charge is 2.32. The number of aromatic nitrogens is 2. The average molecular weight is 289 g/mol. The predicted molar refractivity (Wildman–Crippen MR) is 80.2 cm³/mol. The highest BCUT2D eigenvalue weighted by atomic mass is 16.3. The van der Waals surface area contributed by atoms with E-state index in [0.29, 0.717) is 13.1 Å². The van der Waals surface area contributed by atoms with E-state index < -0.39 is 5.60 Å². The van der Waals surface area contributed by atoms with Crippen LogP contribution in [-0.4, -0.2) is 38.3 Å². The van der Waals surface area contributed by atoms with Gasteiger partial charge >= 0.3 is 0 Å². The summed E-state index contributed by atoms with van der Waals surface area (Å²) in [5.41, 5.74) is 0.133. The Morgan fingerprint density at radius 2 is 2.24 bits per heavy atom. The number of rotatable bonds is 5. The van der Waals surface area contributed by atoms with Crippen molar-refractivity contribution in [2.24, 2.45) is 0 Å². The maximum absolute atomic E-state index is 12.3. The number of carbonyl (C=O) groups is 1. The van der Waals surface area contributed by atoms with Crippen molar-refractivity contribution in [2.75, 3.05) is 7.05 Å². The Kier molecular flexibility index (Phi) is 5.03. The van der Waals surface area contributed by atoms with Gasteiger partial charge in [0, 0.05) is 25.4 Å². The molecule has 5 nitrogen and oxygen atoms in total. The van der Waals surface area contributed by atoms with Gasteiger partial charge < -0.3 is 10.0 Å². The van der Waals surface area contributed by atoms with E-state index in [-0.39, 0.29) is 12.3 Å². The highest BCUT2D eigenvalue weighted by molar-refractivity contribution is 5.77. The van der Waals surface area contributed by atoms with Crippen molar-refractivity contribution in [1.29, 1.82) is 0 Å². The van der Waals surface area contributed by atoms with Crippen LogP contribution in [0.25, 0.3) is 0 Å². The number of hydrogen-bond acceptors (Lipinski definition) is 3. The predicted octanol–water partition coefficient (Wildman–Crippen LogP) is 1.56. The molecule has 1 aliphatic rings. The van der Waals surface area contributed by atoms with Crippen LogP contribution in [0.1, 0.15) is 44.1 Å². The summed E-state index contributed by atoms with van der Waals surface area (Å²) in [6, 6.07) is 0. The summed E-state index contributed by atoms with van der Waals surface area (Å²) in [6.45, 7) is 0.914. The summed E-state index contributed by atoms with van der Waals surface area (Å²) < 4.78 is 1.67. The summed E-state index contributed by atoms with van der Waals surface area (Å²) in [5, 5.41) is 14.6. The Balaban J connectivity index is 1.88. The lowest BCUT2D eigenvalue weighted by Crippen LogP contribution is -2.38. The lowest BCUT2D eigenvalue weighted by molar-refractivity contribution is -0.137. The molecule has 0 saturated heterocycles. The SMILES string of the molecule is C#CCn1cc(CN(C)C(=O)CC2(O)CCCCC2)cn1. The largest absolute Gasteiger partial charge is 0.389 e. The zero-order valence-corrected chi connectivity index (χ0v) is 12.6. The van der Waals surface area contributed by atoms with Crippen molar-refractivity contribution < 1.29 is 9.90 Å². The van der Waals surface area contributed by atoms with Crippen LogP contribution in [0.15, 0.2) is 12.4 Å². The van der Waals surface area contributed by atoms with Gasteiger partial charge in [0.1, 0.15) is 6.54 Å². The Hall–Kier alpha value is -1.80. The van der Waals surface area contributed by atoms with Gasteiger partial charge in [-0.05, 0) is 12.8 Å². The summed E-state index contributed by atoms with van der Waals surface area (Å²) in [4.78, 5) is 13.9. The second-order valence-corrected chi connectivity index (χ2v) is 5.96. The average Bonchev–Trinajstić information content (AvgIpc) is 2.87. The van der Waals surface area contributed by atoms with E-state index in [4.69, 9.17) is 6.42 Å². The van der Waals surface area contributed by atoms with Crippen LogP contribution in [0.5, 0.6) is 0 Å². The van der Waals surface area contributed by atoms with Crippen LogP contribution >= 0.6 is 0 Å². The van der Waals surface area contributed by atoms with Gasteiger partial charge in [0.25, 0.3) is 0 Å². The quantitative estimate of drug-likeness (QED) is 0.837. The molecule has 0 bridgehead atoms. The number of carbonyl (C=O) groups excluding carboxylic acids is 1. The molecular weight excluding hydrogens is 266 g/mol. The van der Waals surface area contributed by atoms with Crippen molar-refractivity contribution in [2.45, 2.75) is 57.2 Å². The molecule has 1 aliphatic carbocycles. The minimum Gasteiger partial charge on any atom is -0.389 e. The van der Waals surface area contributed by atoms with E-state index in [1.54, 1.807) is 22.8 Å². The first kappa shape index (κ1) is 15.6. The molecule has 21 heavy (non-hydrogen) atoms. The fraction of sp³-hybridized carbons (Fsp3) is 0.625. The van der Waals surface area contributed by atoms with E-state index >= 15 is 0 Å². The minimum absolute atomic E-state index is 0.0240. The van der Waals surface area contributed by atoms with E-state index in [9.17, 15) is 9.90 Å². The van der Waals surface area contributed by atoms with E-state index in [1.165, 1.54) is 0 Å². The third-order valence-corrected chi connectivity index (χ3v) is 4.05. The molecule has 5 heteroatoms. The molecule has 1 N–H and O–H groups in total. The molecule has 114 valence electrons. The molecule has 1 fully saturated rings. The second-order valence-electron chi connectivity index (χ2n) is 5.96. The third-order valence-electron chi connectivity index (χ3n) is 4.05. The zero-order chi connectivity index (χ0) is 15.3. The number of aliphatic hydroxyl groups is 1. The molecular formula is C16H23N3O2. The standard InChI is InChI=1S/C16H23N3O2/c1-3-9-19-13-14(11-17-19)12-18(2)15(20)10-16(21)7-5-4-6-8-16/h1,11,13,21H,4-10,12H2,2H3. The molecule has 0 radical (unpaired) electrons. The van der Waals surface area contributed by atoms with Gasteiger partial charge in [-0.3, -0.25) is 9.48 Å². The molecule has 1 heterocycles. The molecule has 0 aromatic carbocycles. The van der Waals surface area contributed by atoms with Gasteiger partial charge in [-0.2, -0.15) is 5.10 Å². The first-order chi connectivity index (χ1) is 10.0. The molecule has 1 aromatic rings. The van der Waals surface area contributed by atoms with Gasteiger partial charge in [-0.15, -0.1) is 6.42 Å². The lowest BCUT2D eigenvalue weighted by atomic mass is 9.82. The number of nitrogens with zero attached hydrogens (tertiary/aromatic N) is 3. The summed E-state index contributed by atoms with van der Waals surface area (Å²) in [5.74, 6) is 2.50. The van der Waals surface area contributed by atoms with Crippen molar-refractivity contribution in [3.63, 3.8) is 0 Å². The molecule has 1 saturated carbocycles. The minimum atomic E-state index is -0.808. The summed E-state index contributed by atoms with van der Waals surface area (Å²) in [7, 11) is 1.76. The molecule has 1 aromatic heterocycles. The lowest BCUT2D eigenvalue weighted by Gasteiger charge is -2.32. The van der Waals surface area contributed by atoms with Crippen LogP contribution in [-0.2, 0) is 17.9 Å². The summed E-state index contributed by atoms with van der Waals surface area (Å²) >= 11 is 0. The Morgan fingerprint density at radius 3 is 2.90 bits per heavy atom. The molecule has 2 rings (SSSR count). The first-order valence-corrected chi connectivity index (χ1v) is 7.43. The zero-order valence-electron chi connectivity index (χ0n) is 12.6. The van der Waals surface area contributed by atoms with Crippen molar-refractivity contribution in [3.8, 4) is 12.3 Å². The van der Waals surface area contributed by atoms with Crippen molar-refractivity contribution in [1.82, 2.24) is 14.7 Å². The van der Waals surface area contributed by atoms with Gasteiger partial charge in [-0.1, -0.05) is 25.2 Å². The van der Waals surface area contributed by atoms with Crippen molar-refractivity contribution >= 4 is 5.91 Å². The maximum Gasteiger partial charge on any atom is 0.225 e. The third kappa shape index (κ3) is 4.33. The smallest absolute Gasteiger partial charge is 0.225 e. The number of terminal acetylenes is 1. The van der Waals surface area contributed by atoms with E-state index in [0.717, 1.165) is 37.7 Å². The van der Waals surface area contributed by atoms with E-state index in [2.05, 4.69) is 11.0 Å². The molecule has 0 spiro atoms. The van der Waals surface area contributed by atoms with Crippen molar-refractivity contribution in [3.05, 3.63) is 18.0 Å². The highest BCUT2D eigenvalue weighted by Crippen LogP contribution is 2.31. The topological polar surface area (TPSA) is 58.4 Å². The Labute approximate surface area is 125 Å². The maximum atomic E-state index is 12.3. The summed E-state index contributed by atoms with van der Waals surface area (Å²) in [6.07, 6.45) is 13.6. The fourth-order valence-electron chi connectivity index (χ4n) is 2.83. The molecule has 0 unspecified atom stereocenters.